The van der Waals surface area contributed by atoms with Crippen LogP contribution >= 0.6 is 0 Å². The molecule has 0 bridgehead atoms. The second kappa shape index (κ2) is 7.43. The maximum atomic E-state index is 13.3. The summed E-state index contributed by atoms with van der Waals surface area (Å²) in [5.41, 5.74) is 1.29. The quantitative estimate of drug-likeness (QED) is 0.581. The molecule has 150 valence electrons. The van der Waals surface area contributed by atoms with E-state index in [0.29, 0.717) is 5.69 Å². The van der Waals surface area contributed by atoms with Crippen molar-refractivity contribution in [3.63, 3.8) is 0 Å². The highest BCUT2D eigenvalue weighted by molar-refractivity contribution is 5.75. The van der Waals surface area contributed by atoms with Crippen molar-refractivity contribution < 1.29 is 13.2 Å². The number of fused-ring (bicyclic) bond motifs is 1. The fourth-order valence-corrected chi connectivity index (χ4v) is 4.31. The van der Waals surface area contributed by atoms with Gasteiger partial charge in [0.2, 0.25) is 0 Å². The topological polar surface area (TPSA) is 44.9 Å². The average molecular weight is 398 g/mol. The van der Waals surface area contributed by atoms with E-state index < -0.39 is 11.7 Å². The van der Waals surface area contributed by atoms with E-state index in [1.807, 2.05) is 42.5 Å². The molecule has 0 aliphatic heterocycles. The van der Waals surface area contributed by atoms with Crippen LogP contribution in [0.3, 0.4) is 0 Å². The molecule has 2 atom stereocenters. The first-order valence-corrected chi connectivity index (χ1v) is 9.64. The summed E-state index contributed by atoms with van der Waals surface area (Å²) in [7, 11) is 1.83. The minimum Gasteiger partial charge on any atom is -0.372 e. The van der Waals surface area contributed by atoms with Gasteiger partial charge >= 0.3 is 6.18 Å². The van der Waals surface area contributed by atoms with E-state index in [-0.39, 0.29) is 17.6 Å². The van der Waals surface area contributed by atoms with Gasteiger partial charge in [0, 0.05) is 24.8 Å². The predicted octanol–water partition coefficient (Wildman–Crippen LogP) is 5.55. The number of nitrogens with zero attached hydrogens (tertiary/aromatic N) is 4. The SMILES string of the molecule is CN(c1ccc(C#N)c(C(F)(F)F)c1)C1CCCC(n2cnc3ccccc32)C1. The van der Waals surface area contributed by atoms with E-state index >= 15 is 0 Å². The van der Waals surface area contributed by atoms with Crippen LogP contribution in [0.15, 0.2) is 48.8 Å². The summed E-state index contributed by atoms with van der Waals surface area (Å²) in [5, 5.41) is 9.01. The van der Waals surface area contributed by atoms with Crippen molar-refractivity contribution in [1.82, 2.24) is 9.55 Å². The fourth-order valence-electron chi connectivity index (χ4n) is 4.31. The molecule has 1 heterocycles. The predicted molar refractivity (Wildman–Crippen MR) is 106 cm³/mol. The highest BCUT2D eigenvalue weighted by Gasteiger charge is 2.35. The van der Waals surface area contributed by atoms with Crippen LogP contribution in [-0.4, -0.2) is 22.6 Å². The second-order valence-corrected chi connectivity index (χ2v) is 7.57. The summed E-state index contributed by atoms with van der Waals surface area (Å²) >= 11 is 0. The number of nitriles is 1. The van der Waals surface area contributed by atoms with Crippen molar-refractivity contribution in [1.29, 1.82) is 5.26 Å². The smallest absolute Gasteiger partial charge is 0.372 e. The van der Waals surface area contributed by atoms with Crippen LogP contribution in [0, 0.1) is 11.3 Å². The molecular formula is C22H21F3N4. The first-order chi connectivity index (χ1) is 13.9. The number of hydrogen-bond acceptors (Lipinski definition) is 3. The molecule has 2 unspecified atom stereocenters. The molecular weight excluding hydrogens is 377 g/mol. The average Bonchev–Trinajstić information content (AvgIpc) is 3.16. The molecule has 1 aliphatic rings. The first-order valence-electron chi connectivity index (χ1n) is 9.64. The minimum absolute atomic E-state index is 0.115. The van der Waals surface area contributed by atoms with Gasteiger partial charge in [0.15, 0.2) is 0 Å². The van der Waals surface area contributed by atoms with Gasteiger partial charge in [0.05, 0.1) is 34.6 Å². The Labute approximate surface area is 167 Å². The lowest BCUT2D eigenvalue weighted by atomic mass is 9.89. The summed E-state index contributed by atoms with van der Waals surface area (Å²) in [6, 6.07) is 13.9. The number of rotatable bonds is 3. The lowest BCUT2D eigenvalue weighted by Crippen LogP contribution is -2.36. The highest BCUT2D eigenvalue weighted by atomic mass is 19.4. The number of para-hydroxylation sites is 2. The Morgan fingerprint density at radius 2 is 1.97 bits per heavy atom. The van der Waals surface area contributed by atoms with Crippen molar-refractivity contribution in [3.8, 4) is 6.07 Å². The van der Waals surface area contributed by atoms with Gasteiger partial charge in [0.1, 0.15) is 0 Å². The molecule has 7 heteroatoms. The van der Waals surface area contributed by atoms with Crippen LogP contribution < -0.4 is 4.90 Å². The number of alkyl halides is 3. The van der Waals surface area contributed by atoms with Crippen LogP contribution in [0.25, 0.3) is 11.0 Å². The van der Waals surface area contributed by atoms with Gasteiger partial charge in [-0.3, -0.25) is 0 Å². The van der Waals surface area contributed by atoms with Crippen molar-refractivity contribution in [2.24, 2.45) is 0 Å². The zero-order chi connectivity index (χ0) is 20.6. The monoisotopic (exact) mass is 398 g/mol. The van der Waals surface area contributed by atoms with E-state index in [4.69, 9.17) is 5.26 Å². The van der Waals surface area contributed by atoms with Crippen LogP contribution in [0.2, 0.25) is 0 Å². The largest absolute Gasteiger partial charge is 0.417 e. The third-order valence-electron chi connectivity index (χ3n) is 5.88. The van der Waals surface area contributed by atoms with Crippen LogP contribution in [0.4, 0.5) is 18.9 Å². The second-order valence-electron chi connectivity index (χ2n) is 7.57. The molecule has 4 nitrogen and oxygen atoms in total. The van der Waals surface area contributed by atoms with Crippen LogP contribution in [0.1, 0.15) is 42.9 Å². The lowest BCUT2D eigenvalue weighted by molar-refractivity contribution is -0.137. The third-order valence-corrected chi connectivity index (χ3v) is 5.88. The summed E-state index contributed by atoms with van der Waals surface area (Å²) in [6.45, 7) is 0. The van der Waals surface area contributed by atoms with E-state index in [2.05, 4.69) is 9.55 Å². The molecule has 1 fully saturated rings. The Hall–Kier alpha value is -3.01. The molecule has 3 aromatic rings. The van der Waals surface area contributed by atoms with E-state index in [1.165, 1.54) is 6.07 Å². The molecule has 2 aromatic carbocycles. The van der Waals surface area contributed by atoms with Gasteiger partial charge in [-0.15, -0.1) is 0 Å². The fraction of sp³-hybridized carbons (Fsp3) is 0.364. The number of halogens is 3. The Kier molecular flexibility index (Phi) is 4.95. The van der Waals surface area contributed by atoms with E-state index in [9.17, 15) is 13.2 Å². The zero-order valence-corrected chi connectivity index (χ0v) is 16.0. The Bertz CT molecular complexity index is 1060. The number of benzene rings is 2. The third kappa shape index (κ3) is 3.67. The van der Waals surface area contributed by atoms with Gasteiger partial charge in [-0.1, -0.05) is 12.1 Å². The van der Waals surface area contributed by atoms with E-state index in [0.717, 1.165) is 42.8 Å². The molecule has 1 aliphatic carbocycles. The molecule has 0 radical (unpaired) electrons. The normalized spacial score (nSPS) is 19.8. The van der Waals surface area contributed by atoms with Gasteiger partial charge in [-0.2, -0.15) is 18.4 Å². The number of anilines is 1. The molecule has 0 spiro atoms. The number of hydrogen-bond donors (Lipinski definition) is 0. The Balaban J connectivity index is 1.59. The summed E-state index contributed by atoms with van der Waals surface area (Å²) in [5.74, 6) is 0. The summed E-state index contributed by atoms with van der Waals surface area (Å²) in [6.07, 6.45) is 1.08. The van der Waals surface area contributed by atoms with Crippen LogP contribution in [0.5, 0.6) is 0 Å². The molecule has 1 saturated carbocycles. The summed E-state index contributed by atoms with van der Waals surface area (Å²) < 4.78 is 42.2. The molecule has 29 heavy (non-hydrogen) atoms. The number of imidazole rings is 1. The maximum Gasteiger partial charge on any atom is 0.417 e. The van der Waals surface area contributed by atoms with Crippen molar-refractivity contribution >= 4 is 16.7 Å². The van der Waals surface area contributed by atoms with Gasteiger partial charge < -0.3 is 9.47 Å². The van der Waals surface area contributed by atoms with Crippen molar-refractivity contribution in [2.45, 2.75) is 43.9 Å². The zero-order valence-electron chi connectivity index (χ0n) is 16.0. The lowest BCUT2D eigenvalue weighted by Gasteiger charge is -2.37. The Morgan fingerprint density at radius 3 is 2.72 bits per heavy atom. The van der Waals surface area contributed by atoms with Gasteiger partial charge in [-0.25, -0.2) is 4.98 Å². The molecule has 0 N–H and O–H groups in total. The van der Waals surface area contributed by atoms with Gasteiger partial charge in [-0.05, 0) is 56.0 Å². The maximum absolute atomic E-state index is 13.3. The minimum atomic E-state index is -4.55. The van der Waals surface area contributed by atoms with Crippen LogP contribution in [-0.2, 0) is 6.18 Å². The molecule has 0 saturated heterocycles. The molecule has 1 aromatic heterocycles. The van der Waals surface area contributed by atoms with Crippen molar-refractivity contribution in [3.05, 3.63) is 59.9 Å². The Morgan fingerprint density at radius 1 is 1.17 bits per heavy atom. The summed E-state index contributed by atoms with van der Waals surface area (Å²) in [4.78, 5) is 6.39. The van der Waals surface area contributed by atoms with Crippen molar-refractivity contribution in [2.75, 3.05) is 11.9 Å². The van der Waals surface area contributed by atoms with Gasteiger partial charge in [0.25, 0.3) is 0 Å². The number of aromatic nitrogens is 2. The molecule has 0 amide bonds. The van der Waals surface area contributed by atoms with E-state index in [1.54, 1.807) is 12.1 Å². The highest BCUT2D eigenvalue weighted by Crippen LogP contribution is 2.37. The first kappa shape index (κ1) is 19.3. The molecule has 4 rings (SSSR count). The standard InChI is InChI=1S/C22H21F3N4/c1-28(17-10-9-15(13-26)19(12-17)22(23,24)25)16-5-4-6-18(11-16)29-14-27-20-7-2-3-8-21(20)29/h2-3,7-10,12,14,16,18H,4-6,11H2,1H3.